The molecule has 0 aliphatic carbocycles. The van der Waals surface area contributed by atoms with Crippen LogP contribution >= 0.6 is 8.03 Å². The van der Waals surface area contributed by atoms with Gasteiger partial charge in [0.1, 0.15) is 0 Å². The summed E-state index contributed by atoms with van der Waals surface area (Å²) < 4.78 is 10.1. The van der Waals surface area contributed by atoms with Gasteiger partial charge in [-0.25, -0.2) is 0 Å². The predicted molar refractivity (Wildman–Crippen MR) is 35.5 cm³/mol. The second kappa shape index (κ2) is 4.11. The van der Waals surface area contributed by atoms with Crippen molar-refractivity contribution in [3.63, 3.8) is 0 Å². The largest absolute Gasteiger partial charge is 0.346 e. The summed E-state index contributed by atoms with van der Waals surface area (Å²) in [6.45, 7) is 4.09. The summed E-state index contributed by atoms with van der Waals surface area (Å²) in [5.74, 6) is 0.552. The number of hydrogen-bond donors (Lipinski definition) is 1. The molecule has 0 saturated heterocycles. The molecule has 0 heterocycles. The third-order valence-electron chi connectivity index (χ3n) is 0.936. The maximum absolute atomic E-state index is 10.1. The van der Waals surface area contributed by atoms with E-state index in [2.05, 4.69) is 0 Å². The maximum Gasteiger partial charge on any atom is 0.189 e. The fraction of sp³-hybridized carbons (Fsp3) is 1.00. The summed E-state index contributed by atoms with van der Waals surface area (Å²) >= 11 is 0. The van der Waals surface area contributed by atoms with Crippen LogP contribution in [-0.4, -0.2) is 11.1 Å². The van der Waals surface area contributed by atoms with E-state index < -0.39 is 8.03 Å². The Labute approximate surface area is 50.8 Å². The second-order valence-corrected chi connectivity index (χ2v) is 3.61. The third-order valence-corrected chi connectivity index (χ3v) is 1.65. The number of rotatable bonds is 3. The van der Waals surface area contributed by atoms with E-state index in [0.717, 1.165) is 6.42 Å². The highest BCUT2D eigenvalue weighted by Gasteiger charge is 1.95. The Kier molecular flexibility index (Phi) is 4.20. The first-order valence-corrected chi connectivity index (χ1v) is 4.41. The van der Waals surface area contributed by atoms with E-state index in [4.69, 9.17) is 4.89 Å². The summed E-state index contributed by atoms with van der Waals surface area (Å²) in [6, 6.07) is 0. The lowest BCUT2D eigenvalue weighted by molar-refractivity contribution is 0.494. The van der Waals surface area contributed by atoms with Gasteiger partial charge in [-0.05, 0) is 12.3 Å². The quantitative estimate of drug-likeness (QED) is 0.597. The van der Waals surface area contributed by atoms with Crippen molar-refractivity contribution in [3.05, 3.63) is 0 Å². The first-order chi connectivity index (χ1) is 3.63. The summed E-state index contributed by atoms with van der Waals surface area (Å²) in [6.07, 6.45) is 1.36. The molecule has 0 spiro atoms. The van der Waals surface area contributed by atoms with Gasteiger partial charge in [0.2, 0.25) is 0 Å². The minimum Gasteiger partial charge on any atom is -0.346 e. The van der Waals surface area contributed by atoms with Gasteiger partial charge in [-0.15, -0.1) is 0 Å². The normalized spacial score (nSPS) is 14.5. The molecule has 1 atom stereocenters. The van der Waals surface area contributed by atoms with E-state index in [-0.39, 0.29) is 0 Å². The molecule has 8 heavy (non-hydrogen) atoms. The van der Waals surface area contributed by atoms with Crippen molar-refractivity contribution in [1.29, 1.82) is 0 Å². The molecule has 0 aromatic rings. The van der Waals surface area contributed by atoms with Crippen molar-refractivity contribution >= 4 is 8.03 Å². The SMILES string of the molecule is CC(C)CC[PH](=O)O. The van der Waals surface area contributed by atoms with Gasteiger partial charge in [-0.1, -0.05) is 13.8 Å². The number of hydrogen-bond acceptors (Lipinski definition) is 1. The second-order valence-electron chi connectivity index (χ2n) is 2.33. The Bertz CT molecular complexity index is 80.5. The zero-order chi connectivity index (χ0) is 6.57. The average molecular weight is 136 g/mol. The van der Waals surface area contributed by atoms with E-state index in [9.17, 15) is 4.57 Å². The highest BCUT2D eigenvalue weighted by molar-refractivity contribution is 7.37. The Morgan fingerprint density at radius 1 is 1.62 bits per heavy atom. The molecule has 0 amide bonds. The van der Waals surface area contributed by atoms with Crippen LogP contribution < -0.4 is 0 Å². The van der Waals surface area contributed by atoms with Gasteiger partial charge in [0.25, 0.3) is 0 Å². The van der Waals surface area contributed by atoms with Gasteiger partial charge < -0.3 is 4.89 Å². The van der Waals surface area contributed by atoms with Gasteiger partial charge in [0.05, 0.1) is 0 Å². The van der Waals surface area contributed by atoms with Gasteiger partial charge in [0, 0.05) is 6.16 Å². The first kappa shape index (κ1) is 8.19. The van der Waals surface area contributed by atoms with Crippen LogP contribution in [0, 0.1) is 5.92 Å². The van der Waals surface area contributed by atoms with Crippen LogP contribution in [0.15, 0.2) is 0 Å². The molecular weight excluding hydrogens is 123 g/mol. The van der Waals surface area contributed by atoms with Crippen molar-refractivity contribution in [2.75, 3.05) is 6.16 Å². The average Bonchev–Trinajstić information content (AvgIpc) is 1.61. The van der Waals surface area contributed by atoms with E-state index in [0.29, 0.717) is 12.1 Å². The van der Waals surface area contributed by atoms with Crippen molar-refractivity contribution < 1.29 is 9.46 Å². The van der Waals surface area contributed by atoms with E-state index in [1.54, 1.807) is 0 Å². The lowest BCUT2D eigenvalue weighted by Gasteiger charge is -1.98. The van der Waals surface area contributed by atoms with E-state index in [1.165, 1.54) is 0 Å². The Balaban J connectivity index is 3.05. The minimum absolute atomic E-state index is 0.488. The highest BCUT2D eigenvalue weighted by atomic mass is 31.1. The molecule has 0 rings (SSSR count). The fourth-order valence-corrected chi connectivity index (χ4v) is 1.24. The van der Waals surface area contributed by atoms with E-state index in [1.807, 2.05) is 13.8 Å². The zero-order valence-electron chi connectivity index (χ0n) is 5.35. The van der Waals surface area contributed by atoms with Crippen LogP contribution in [0.3, 0.4) is 0 Å². The molecule has 1 N–H and O–H groups in total. The topological polar surface area (TPSA) is 37.3 Å². The smallest absolute Gasteiger partial charge is 0.189 e. The zero-order valence-corrected chi connectivity index (χ0v) is 6.35. The molecule has 0 aliphatic rings. The molecule has 0 aromatic heterocycles. The van der Waals surface area contributed by atoms with Crippen LogP contribution in [0.1, 0.15) is 20.3 Å². The fourth-order valence-electron chi connectivity index (χ4n) is 0.412. The Morgan fingerprint density at radius 2 is 2.12 bits per heavy atom. The van der Waals surface area contributed by atoms with Gasteiger partial charge in [-0.3, -0.25) is 4.57 Å². The molecule has 1 unspecified atom stereocenters. The van der Waals surface area contributed by atoms with Crippen molar-refractivity contribution in [3.8, 4) is 0 Å². The third kappa shape index (κ3) is 6.19. The van der Waals surface area contributed by atoms with Crippen LogP contribution in [-0.2, 0) is 4.57 Å². The van der Waals surface area contributed by atoms with Crippen LogP contribution in [0.4, 0.5) is 0 Å². The van der Waals surface area contributed by atoms with Crippen molar-refractivity contribution in [1.82, 2.24) is 0 Å². The molecule has 0 bridgehead atoms. The van der Waals surface area contributed by atoms with Gasteiger partial charge >= 0.3 is 0 Å². The molecule has 0 radical (unpaired) electrons. The van der Waals surface area contributed by atoms with Crippen LogP contribution in [0.25, 0.3) is 0 Å². The summed E-state index contributed by atoms with van der Waals surface area (Å²) in [7, 11) is -2.18. The molecule has 3 heteroatoms. The highest BCUT2D eigenvalue weighted by Crippen LogP contribution is 2.16. The first-order valence-electron chi connectivity index (χ1n) is 2.84. The molecule has 2 nitrogen and oxygen atoms in total. The molecule has 0 aliphatic heterocycles. The lowest BCUT2D eigenvalue weighted by Crippen LogP contribution is -1.87. The van der Waals surface area contributed by atoms with Crippen LogP contribution in [0.2, 0.25) is 0 Å². The summed E-state index contributed by atoms with van der Waals surface area (Å²) in [4.78, 5) is 8.35. The molecule has 50 valence electrons. The molecule has 0 aromatic carbocycles. The van der Waals surface area contributed by atoms with Crippen LogP contribution in [0.5, 0.6) is 0 Å². The van der Waals surface area contributed by atoms with Crippen molar-refractivity contribution in [2.45, 2.75) is 20.3 Å². The molecule has 0 fully saturated rings. The van der Waals surface area contributed by atoms with Gasteiger partial charge in [-0.2, -0.15) is 0 Å². The summed E-state index contributed by atoms with van der Waals surface area (Å²) in [5, 5.41) is 0. The lowest BCUT2D eigenvalue weighted by atomic mass is 10.2. The van der Waals surface area contributed by atoms with E-state index >= 15 is 0 Å². The van der Waals surface area contributed by atoms with Crippen molar-refractivity contribution in [2.24, 2.45) is 5.92 Å². The molecular formula is C5H13O2P. The Hall–Kier alpha value is 0.190. The summed E-state index contributed by atoms with van der Waals surface area (Å²) in [5.41, 5.74) is 0. The Morgan fingerprint density at radius 3 is 2.25 bits per heavy atom. The maximum atomic E-state index is 10.1. The standard InChI is InChI=1S/C5H13O2P/c1-5(2)3-4-8(6)7/h5,8H,3-4H2,1-2H3,(H,6,7). The predicted octanol–water partition coefficient (Wildman–Crippen LogP) is 1.50. The molecule has 0 saturated carbocycles. The monoisotopic (exact) mass is 136 g/mol. The minimum atomic E-state index is -2.18. The van der Waals surface area contributed by atoms with Gasteiger partial charge in [0.15, 0.2) is 8.03 Å².